The average Bonchev–Trinajstić information content (AvgIpc) is 3.06. The average molecular weight is 410 g/mol. The molecule has 3 atom stereocenters. The van der Waals surface area contributed by atoms with Crippen molar-refractivity contribution < 1.29 is 9.90 Å². The van der Waals surface area contributed by atoms with Gasteiger partial charge >= 0.3 is 0 Å². The number of aliphatic hydroxyl groups excluding tert-OH is 1. The maximum absolute atomic E-state index is 12.0. The lowest BCUT2D eigenvalue weighted by molar-refractivity contribution is -0.125. The fourth-order valence-corrected chi connectivity index (χ4v) is 3.20. The van der Waals surface area contributed by atoms with Gasteiger partial charge in [0.25, 0.3) is 0 Å². The van der Waals surface area contributed by atoms with E-state index in [2.05, 4.69) is 15.3 Å². The fraction of sp³-hybridized carbons (Fsp3) is 0.500. The molecule has 1 aliphatic carbocycles. The molecule has 0 unspecified atom stereocenters. The number of hydrogen-bond acceptors (Lipinski definition) is 4. The molecule has 1 heterocycles. The number of amides is 1. The Bertz CT molecular complexity index is 700. The van der Waals surface area contributed by atoms with Gasteiger partial charge in [-0.3, -0.25) is 4.79 Å². The van der Waals surface area contributed by atoms with E-state index in [1.807, 2.05) is 18.2 Å². The number of aliphatic hydroxyl groups is 1. The smallest absolute Gasteiger partial charge is 0.223 e. The molecule has 3 rings (SSSR count). The highest BCUT2D eigenvalue weighted by Crippen LogP contribution is 2.24. The minimum atomic E-state index is -0.562. The predicted molar refractivity (Wildman–Crippen MR) is 104 cm³/mol. The lowest BCUT2D eigenvalue weighted by Gasteiger charge is -2.09. The van der Waals surface area contributed by atoms with Crippen molar-refractivity contribution in [3.05, 3.63) is 29.0 Å². The summed E-state index contributed by atoms with van der Waals surface area (Å²) < 4.78 is 0. The van der Waals surface area contributed by atoms with Crippen LogP contribution in [0.25, 0.3) is 11.0 Å². The maximum atomic E-state index is 12.0. The molecule has 0 spiro atoms. The monoisotopic (exact) mass is 408 g/mol. The molecule has 25 heavy (non-hydrogen) atoms. The SMILES string of the molecule is Cl.Cl.N[C@@H]1C[C@H](C(=O)NCCCc2nc3ccc(Cl)cc3[nH]2)C[C@H]1O. The van der Waals surface area contributed by atoms with Gasteiger partial charge in [0.15, 0.2) is 0 Å². The molecule has 9 heteroatoms. The van der Waals surface area contributed by atoms with Gasteiger partial charge in [-0.1, -0.05) is 11.6 Å². The highest BCUT2D eigenvalue weighted by atomic mass is 35.5. The van der Waals surface area contributed by atoms with Gasteiger partial charge in [0.05, 0.1) is 17.1 Å². The van der Waals surface area contributed by atoms with E-state index in [0.717, 1.165) is 29.7 Å². The Kier molecular flexibility index (Phi) is 8.44. The molecule has 1 amide bonds. The summed E-state index contributed by atoms with van der Waals surface area (Å²) in [5.74, 6) is 0.691. The third kappa shape index (κ3) is 5.46. The van der Waals surface area contributed by atoms with Crippen LogP contribution in [-0.4, -0.2) is 39.7 Å². The minimum absolute atomic E-state index is 0. The Morgan fingerprint density at radius 1 is 1.40 bits per heavy atom. The zero-order valence-corrected chi connectivity index (χ0v) is 16.0. The van der Waals surface area contributed by atoms with Gasteiger partial charge in [0.1, 0.15) is 5.82 Å². The molecule has 1 aromatic carbocycles. The van der Waals surface area contributed by atoms with E-state index in [-0.39, 0.29) is 42.7 Å². The van der Waals surface area contributed by atoms with Crippen LogP contribution in [0.15, 0.2) is 18.2 Å². The van der Waals surface area contributed by atoms with Gasteiger partial charge in [-0.15, -0.1) is 24.8 Å². The number of benzene rings is 1. The minimum Gasteiger partial charge on any atom is -0.391 e. The topological polar surface area (TPSA) is 104 Å². The molecular formula is C16H23Cl3N4O2. The van der Waals surface area contributed by atoms with E-state index < -0.39 is 6.10 Å². The summed E-state index contributed by atoms with van der Waals surface area (Å²) in [6.07, 6.45) is 1.99. The second-order valence-electron chi connectivity index (χ2n) is 6.14. The van der Waals surface area contributed by atoms with Gasteiger partial charge in [0, 0.05) is 29.9 Å². The standard InChI is InChI=1S/C16H21ClN4O2.2ClH/c17-10-3-4-12-13(8-10)21-15(20-12)2-1-5-19-16(23)9-6-11(18)14(22)7-9;;/h3-4,8-9,11,14,22H,1-2,5-7,18H2,(H,19,23)(H,20,21);2*1H/t9-,11+,14+;;/m0../s1. The van der Waals surface area contributed by atoms with Crippen LogP contribution < -0.4 is 11.1 Å². The van der Waals surface area contributed by atoms with Gasteiger partial charge in [-0.2, -0.15) is 0 Å². The van der Waals surface area contributed by atoms with Crippen LogP contribution in [0.4, 0.5) is 0 Å². The first-order chi connectivity index (χ1) is 11.0. The summed E-state index contributed by atoms with van der Waals surface area (Å²) in [5.41, 5.74) is 7.55. The summed E-state index contributed by atoms with van der Waals surface area (Å²) in [6, 6.07) is 5.26. The summed E-state index contributed by atoms with van der Waals surface area (Å²) in [4.78, 5) is 19.7. The predicted octanol–water partition coefficient (Wildman–Crippen LogP) is 2.21. The van der Waals surface area contributed by atoms with Crippen LogP contribution in [0, 0.1) is 5.92 Å². The molecule has 0 aliphatic heterocycles. The molecule has 1 aliphatic rings. The fourth-order valence-electron chi connectivity index (χ4n) is 3.03. The second-order valence-corrected chi connectivity index (χ2v) is 6.58. The van der Waals surface area contributed by atoms with Gasteiger partial charge < -0.3 is 21.1 Å². The molecule has 2 aromatic rings. The number of hydrogen-bond donors (Lipinski definition) is 4. The number of carbonyl (C=O) groups excluding carboxylic acids is 1. The van der Waals surface area contributed by atoms with Gasteiger partial charge in [0.2, 0.25) is 5.91 Å². The Balaban J connectivity index is 0.00000156. The Morgan fingerprint density at radius 2 is 2.16 bits per heavy atom. The number of aryl methyl sites for hydroxylation is 1. The summed E-state index contributed by atoms with van der Waals surface area (Å²) >= 11 is 5.95. The zero-order chi connectivity index (χ0) is 16.4. The van der Waals surface area contributed by atoms with Crippen LogP contribution >= 0.6 is 36.4 Å². The van der Waals surface area contributed by atoms with Gasteiger partial charge in [-0.25, -0.2) is 4.98 Å². The first-order valence-corrected chi connectivity index (χ1v) is 8.26. The number of imidazole rings is 1. The largest absolute Gasteiger partial charge is 0.391 e. The van der Waals surface area contributed by atoms with Crippen molar-refractivity contribution >= 4 is 53.4 Å². The van der Waals surface area contributed by atoms with E-state index >= 15 is 0 Å². The first kappa shape index (κ1) is 22.0. The number of aromatic amines is 1. The van der Waals surface area contributed by atoms with Crippen LogP contribution in [0.5, 0.6) is 0 Å². The van der Waals surface area contributed by atoms with E-state index in [1.54, 1.807) is 0 Å². The van der Waals surface area contributed by atoms with E-state index in [4.69, 9.17) is 17.3 Å². The molecule has 0 bridgehead atoms. The molecule has 1 saturated carbocycles. The number of H-pyrrole nitrogens is 1. The van der Waals surface area contributed by atoms with Crippen molar-refractivity contribution in [2.75, 3.05) is 6.54 Å². The zero-order valence-electron chi connectivity index (χ0n) is 13.6. The van der Waals surface area contributed by atoms with Crippen molar-refractivity contribution in [2.24, 2.45) is 11.7 Å². The number of halogens is 3. The van der Waals surface area contributed by atoms with Crippen LogP contribution in [-0.2, 0) is 11.2 Å². The molecule has 140 valence electrons. The molecule has 0 saturated heterocycles. The maximum Gasteiger partial charge on any atom is 0.223 e. The highest BCUT2D eigenvalue weighted by Gasteiger charge is 2.34. The third-order valence-corrected chi connectivity index (χ3v) is 4.57. The Labute approximate surface area is 163 Å². The number of rotatable bonds is 5. The molecule has 6 nitrogen and oxygen atoms in total. The number of fused-ring (bicyclic) bond motifs is 1. The molecule has 5 N–H and O–H groups in total. The van der Waals surface area contributed by atoms with Gasteiger partial charge in [-0.05, 0) is 37.5 Å². The quantitative estimate of drug-likeness (QED) is 0.568. The number of aromatic nitrogens is 2. The molecule has 1 aromatic heterocycles. The van der Waals surface area contributed by atoms with Crippen LogP contribution in [0.1, 0.15) is 25.1 Å². The molecular weight excluding hydrogens is 387 g/mol. The van der Waals surface area contributed by atoms with E-state index in [9.17, 15) is 9.90 Å². The number of nitrogens with one attached hydrogen (secondary N) is 2. The van der Waals surface area contributed by atoms with E-state index in [0.29, 0.717) is 24.4 Å². The summed E-state index contributed by atoms with van der Waals surface area (Å²) in [5, 5.41) is 13.2. The Morgan fingerprint density at radius 3 is 2.84 bits per heavy atom. The van der Waals surface area contributed by atoms with Crippen molar-refractivity contribution in [3.63, 3.8) is 0 Å². The van der Waals surface area contributed by atoms with Crippen LogP contribution in [0.3, 0.4) is 0 Å². The summed E-state index contributed by atoms with van der Waals surface area (Å²) in [7, 11) is 0. The third-order valence-electron chi connectivity index (χ3n) is 4.33. The highest BCUT2D eigenvalue weighted by molar-refractivity contribution is 6.31. The normalized spacial score (nSPS) is 22.3. The molecule has 1 fully saturated rings. The molecule has 0 radical (unpaired) electrons. The first-order valence-electron chi connectivity index (χ1n) is 7.88. The number of carbonyl (C=O) groups is 1. The van der Waals surface area contributed by atoms with Crippen LogP contribution in [0.2, 0.25) is 5.02 Å². The second kappa shape index (κ2) is 9.59. The van der Waals surface area contributed by atoms with Crippen molar-refractivity contribution in [1.82, 2.24) is 15.3 Å². The van der Waals surface area contributed by atoms with Crippen molar-refractivity contribution in [3.8, 4) is 0 Å². The van der Waals surface area contributed by atoms with E-state index in [1.165, 1.54) is 0 Å². The lowest BCUT2D eigenvalue weighted by Crippen LogP contribution is -2.31. The number of nitrogens with two attached hydrogens (primary N) is 1. The van der Waals surface area contributed by atoms with Crippen molar-refractivity contribution in [1.29, 1.82) is 0 Å². The number of nitrogens with zero attached hydrogens (tertiary/aromatic N) is 1. The Hall–Kier alpha value is -1.05. The van der Waals surface area contributed by atoms with Crippen molar-refractivity contribution in [2.45, 2.75) is 37.8 Å². The summed E-state index contributed by atoms with van der Waals surface area (Å²) in [6.45, 7) is 0.582. The lowest BCUT2D eigenvalue weighted by atomic mass is 10.1.